The summed E-state index contributed by atoms with van der Waals surface area (Å²) in [6.07, 6.45) is 5.71. The number of fused-ring (bicyclic) bond motifs is 2. The predicted molar refractivity (Wildman–Crippen MR) is 88.5 cm³/mol. The number of rotatable bonds is 4. The van der Waals surface area contributed by atoms with E-state index in [1.165, 1.54) is 24.3 Å². The standard InChI is InChI=1S/C19H15NO4/c1-2-7-20-8-6-11-9-13-17(15(22)10-11)19(24)16-12(18(13)23)4-3-5-14(16)21/h1,3-5,9-10,20-22H,6-8H2. The van der Waals surface area contributed by atoms with Crippen molar-refractivity contribution < 1.29 is 19.8 Å². The maximum Gasteiger partial charge on any atom is 0.201 e. The van der Waals surface area contributed by atoms with Gasteiger partial charge in [-0.3, -0.25) is 9.59 Å². The summed E-state index contributed by atoms with van der Waals surface area (Å²) < 4.78 is 0. The number of hydrogen-bond acceptors (Lipinski definition) is 5. The molecule has 0 spiro atoms. The molecule has 0 bridgehead atoms. The number of terminal acetylenes is 1. The van der Waals surface area contributed by atoms with Crippen LogP contribution in [0.5, 0.6) is 11.5 Å². The lowest BCUT2D eigenvalue weighted by Crippen LogP contribution is -2.22. The summed E-state index contributed by atoms with van der Waals surface area (Å²) in [7, 11) is 0. The average molecular weight is 321 g/mol. The molecule has 0 amide bonds. The van der Waals surface area contributed by atoms with Crippen LogP contribution in [0.1, 0.15) is 37.4 Å². The third-order valence-corrected chi connectivity index (χ3v) is 3.98. The number of phenols is 2. The van der Waals surface area contributed by atoms with Crippen molar-refractivity contribution in [2.75, 3.05) is 13.1 Å². The molecule has 0 aromatic heterocycles. The summed E-state index contributed by atoms with van der Waals surface area (Å²) >= 11 is 0. The minimum Gasteiger partial charge on any atom is -0.507 e. The van der Waals surface area contributed by atoms with Gasteiger partial charge < -0.3 is 15.5 Å². The molecule has 24 heavy (non-hydrogen) atoms. The molecule has 3 N–H and O–H groups in total. The number of ketones is 2. The fraction of sp³-hybridized carbons (Fsp3) is 0.158. The average Bonchev–Trinajstić information content (AvgIpc) is 2.56. The van der Waals surface area contributed by atoms with Crippen molar-refractivity contribution in [3.05, 3.63) is 58.1 Å². The first-order chi connectivity index (χ1) is 11.5. The highest BCUT2D eigenvalue weighted by Crippen LogP contribution is 2.37. The van der Waals surface area contributed by atoms with Crippen LogP contribution < -0.4 is 5.32 Å². The van der Waals surface area contributed by atoms with Gasteiger partial charge >= 0.3 is 0 Å². The van der Waals surface area contributed by atoms with Gasteiger partial charge in [0.15, 0.2) is 5.78 Å². The van der Waals surface area contributed by atoms with Gasteiger partial charge in [0, 0.05) is 17.7 Å². The molecule has 0 saturated heterocycles. The Bertz CT molecular complexity index is 893. The maximum absolute atomic E-state index is 12.7. The molecule has 5 nitrogen and oxygen atoms in total. The van der Waals surface area contributed by atoms with Gasteiger partial charge in [-0.1, -0.05) is 18.1 Å². The zero-order chi connectivity index (χ0) is 17.3. The maximum atomic E-state index is 12.7. The highest BCUT2D eigenvalue weighted by atomic mass is 16.3. The monoisotopic (exact) mass is 321 g/mol. The lowest BCUT2D eigenvalue weighted by Gasteiger charge is -2.20. The first kappa shape index (κ1) is 15.8. The summed E-state index contributed by atoms with van der Waals surface area (Å²) in [5.41, 5.74) is 0.906. The topological polar surface area (TPSA) is 86.6 Å². The van der Waals surface area contributed by atoms with E-state index in [9.17, 15) is 19.8 Å². The van der Waals surface area contributed by atoms with Crippen LogP contribution in [0.25, 0.3) is 0 Å². The van der Waals surface area contributed by atoms with Crippen molar-refractivity contribution in [2.24, 2.45) is 0 Å². The fourth-order valence-electron chi connectivity index (χ4n) is 2.88. The normalized spacial score (nSPS) is 12.5. The van der Waals surface area contributed by atoms with E-state index < -0.39 is 5.78 Å². The van der Waals surface area contributed by atoms with Crippen LogP contribution in [0.4, 0.5) is 0 Å². The summed E-state index contributed by atoms with van der Waals surface area (Å²) in [6.45, 7) is 1.02. The molecule has 1 aliphatic carbocycles. The second-order valence-corrected chi connectivity index (χ2v) is 5.53. The summed E-state index contributed by atoms with van der Waals surface area (Å²) in [4.78, 5) is 25.3. The number of phenolic OH excluding ortho intramolecular Hbond substituents is 2. The molecule has 0 saturated carbocycles. The molecule has 2 aromatic carbocycles. The lowest BCUT2D eigenvalue weighted by atomic mass is 9.82. The largest absolute Gasteiger partial charge is 0.507 e. The molecule has 0 heterocycles. The minimum atomic E-state index is -0.549. The molecular weight excluding hydrogens is 306 g/mol. The van der Waals surface area contributed by atoms with Gasteiger partial charge in [-0.25, -0.2) is 0 Å². The molecule has 2 aromatic rings. The Hall–Kier alpha value is -3.10. The number of carbonyl (C=O) groups is 2. The highest BCUT2D eigenvalue weighted by Gasteiger charge is 2.34. The van der Waals surface area contributed by atoms with E-state index in [4.69, 9.17) is 6.42 Å². The van der Waals surface area contributed by atoms with Crippen LogP contribution in [-0.2, 0) is 6.42 Å². The van der Waals surface area contributed by atoms with Crippen molar-refractivity contribution in [3.63, 3.8) is 0 Å². The third kappa shape index (κ3) is 2.53. The van der Waals surface area contributed by atoms with Gasteiger partial charge in [0.1, 0.15) is 11.5 Å². The van der Waals surface area contributed by atoms with E-state index in [1.54, 1.807) is 6.07 Å². The zero-order valence-corrected chi connectivity index (χ0v) is 12.8. The summed E-state index contributed by atoms with van der Waals surface area (Å²) in [5.74, 6) is 1.00. The molecule has 0 fully saturated rings. The van der Waals surface area contributed by atoms with E-state index in [0.29, 0.717) is 19.5 Å². The Labute approximate surface area is 138 Å². The van der Waals surface area contributed by atoms with Crippen LogP contribution in [0.15, 0.2) is 30.3 Å². The Balaban J connectivity index is 2.02. The number of nitrogens with one attached hydrogen (secondary N) is 1. The van der Waals surface area contributed by atoms with E-state index in [0.717, 1.165) is 5.56 Å². The van der Waals surface area contributed by atoms with Gasteiger partial charge in [-0.05, 0) is 30.2 Å². The number of aromatic hydroxyl groups is 2. The second-order valence-electron chi connectivity index (χ2n) is 5.53. The Morgan fingerprint density at radius 3 is 2.50 bits per heavy atom. The quantitative estimate of drug-likeness (QED) is 0.502. The Morgan fingerprint density at radius 2 is 1.75 bits per heavy atom. The Kier molecular flexibility index (Phi) is 4.07. The first-order valence-electron chi connectivity index (χ1n) is 7.46. The van der Waals surface area contributed by atoms with Gasteiger partial charge in [0.2, 0.25) is 5.78 Å². The van der Waals surface area contributed by atoms with Crippen LogP contribution in [0.3, 0.4) is 0 Å². The van der Waals surface area contributed by atoms with Crippen LogP contribution in [0.2, 0.25) is 0 Å². The van der Waals surface area contributed by atoms with Crippen molar-refractivity contribution in [1.29, 1.82) is 0 Å². The molecular formula is C19H15NO4. The highest BCUT2D eigenvalue weighted by molar-refractivity contribution is 6.30. The van der Waals surface area contributed by atoms with E-state index in [2.05, 4.69) is 11.2 Å². The first-order valence-corrected chi connectivity index (χ1v) is 7.46. The minimum absolute atomic E-state index is 0.0608. The van der Waals surface area contributed by atoms with Crippen molar-refractivity contribution in [3.8, 4) is 23.8 Å². The van der Waals surface area contributed by atoms with Crippen molar-refractivity contribution in [1.82, 2.24) is 5.32 Å². The van der Waals surface area contributed by atoms with Crippen molar-refractivity contribution >= 4 is 11.6 Å². The van der Waals surface area contributed by atoms with Crippen LogP contribution >= 0.6 is 0 Å². The molecule has 120 valence electrons. The van der Waals surface area contributed by atoms with Gasteiger partial charge in [-0.2, -0.15) is 0 Å². The molecule has 0 unspecified atom stereocenters. The fourth-order valence-corrected chi connectivity index (χ4v) is 2.88. The smallest absolute Gasteiger partial charge is 0.201 e. The SMILES string of the molecule is C#CCNCCc1cc(O)c2c(c1)C(=O)c1cccc(O)c1C2=O. The zero-order valence-electron chi connectivity index (χ0n) is 12.8. The summed E-state index contributed by atoms with van der Waals surface area (Å²) in [6, 6.07) is 7.43. The number of benzene rings is 2. The molecule has 1 aliphatic rings. The van der Waals surface area contributed by atoms with Crippen molar-refractivity contribution in [2.45, 2.75) is 6.42 Å². The van der Waals surface area contributed by atoms with E-state index in [-0.39, 0.29) is 39.5 Å². The summed E-state index contributed by atoms with van der Waals surface area (Å²) in [5, 5.41) is 23.2. The molecule has 3 rings (SSSR count). The Morgan fingerprint density at radius 1 is 1.00 bits per heavy atom. The molecule has 5 heteroatoms. The molecule has 0 radical (unpaired) electrons. The van der Waals surface area contributed by atoms with Gasteiger partial charge in [0.25, 0.3) is 0 Å². The van der Waals surface area contributed by atoms with Crippen LogP contribution in [0, 0.1) is 12.3 Å². The van der Waals surface area contributed by atoms with Gasteiger partial charge in [0.05, 0.1) is 17.7 Å². The predicted octanol–water partition coefficient (Wildman–Crippen LogP) is 1.64. The van der Waals surface area contributed by atoms with Gasteiger partial charge in [-0.15, -0.1) is 6.42 Å². The number of hydrogen-bond donors (Lipinski definition) is 3. The molecule has 0 atom stereocenters. The van der Waals surface area contributed by atoms with E-state index >= 15 is 0 Å². The number of carbonyl (C=O) groups excluding carboxylic acids is 2. The molecule has 0 aliphatic heterocycles. The van der Waals surface area contributed by atoms with E-state index in [1.807, 2.05) is 0 Å². The second kappa shape index (κ2) is 6.19. The lowest BCUT2D eigenvalue weighted by molar-refractivity contribution is 0.0974. The third-order valence-electron chi connectivity index (χ3n) is 3.98. The van der Waals surface area contributed by atoms with Crippen LogP contribution in [-0.4, -0.2) is 34.9 Å².